The third-order valence-corrected chi connectivity index (χ3v) is 3.36. The minimum Gasteiger partial charge on any atom is -0.454 e. The second kappa shape index (κ2) is 9.16. The zero-order valence-electron chi connectivity index (χ0n) is 14.2. The highest BCUT2D eigenvalue weighted by Crippen LogP contribution is 2.15. The number of nitrogens with one attached hydrogen (secondary N) is 3. The quantitative estimate of drug-likeness (QED) is 0.667. The summed E-state index contributed by atoms with van der Waals surface area (Å²) in [5.74, 6) is -1.98. The summed E-state index contributed by atoms with van der Waals surface area (Å²) >= 11 is 0. The summed E-state index contributed by atoms with van der Waals surface area (Å²) in [7, 11) is 0. The Kier molecular flexibility index (Phi) is 6.67. The van der Waals surface area contributed by atoms with Crippen LogP contribution in [0.25, 0.3) is 10.8 Å². The molecule has 0 aliphatic heterocycles. The molecule has 0 spiro atoms. The normalized spacial score (nSPS) is 10.0. The summed E-state index contributed by atoms with van der Waals surface area (Å²) in [6.07, 6.45) is 0. The molecule has 0 aliphatic carbocycles. The molecule has 2 aromatic carbocycles. The third kappa shape index (κ3) is 5.59. The molecule has 0 saturated carbocycles. The number of esters is 1. The molecule has 4 amide bonds. The molecule has 136 valence electrons. The van der Waals surface area contributed by atoms with Crippen LogP contribution in [0.5, 0.6) is 0 Å². The van der Waals surface area contributed by atoms with Crippen LogP contribution in [-0.4, -0.2) is 43.5 Å². The molecule has 0 aliphatic rings. The fourth-order valence-corrected chi connectivity index (χ4v) is 2.15. The van der Waals surface area contributed by atoms with E-state index in [1.54, 1.807) is 19.1 Å². The first-order valence-corrected chi connectivity index (χ1v) is 8.00. The Bertz CT molecular complexity index is 834. The number of imide groups is 1. The maximum absolute atomic E-state index is 12.1. The molecule has 8 nitrogen and oxygen atoms in total. The summed E-state index contributed by atoms with van der Waals surface area (Å²) in [6, 6.07) is 12.1. The van der Waals surface area contributed by atoms with E-state index in [0.717, 1.165) is 10.8 Å². The summed E-state index contributed by atoms with van der Waals surface area (Å²) in [5, 5.41) is 8.69. The smallest absolute Gasteiger partial charge is 0.325 e. The first kappa shape index (κ1) is 18.9. The number of ether oxygens (including phenoxy) is 1. The monoisotopic (exact) mass is 357 g/mol. The average molecular weight is 357 g/mol. The second-order valence-electron chi connectivity index (χ2n) is 5.31. The van der Waals surface area contributed by atoms with E-state index in [1.807, 2.05) is 35.6 Å². The Morgan fingerprint density at radius 3 is 2.42 bits per heavy atom. The molecule has 0 fully saturated rings. The van der Waals surface area contributed by atoms with Gasteiger partial charge in [-0.1, -0.05) is 30.3 Å². The number of rotatable bonds is 6. The molecule has 8 heteroatoms. The molecule has 0 saturated heterocycles. The highest BCUT2D eigenvalue weighted by atomic mass is 16.5. The number of carbonyl (C=O) groups excluding carboxylic acids is 4. The standard InChI is InChI=1S/C18H19N3O5/c1-2-19-18(25)21-15(22)11-26-16(23)10-20-17(24)14-8-7-12-5-3-4-6-13(12)9-14/h3-9H,2,10-11H2,1H3,(H,20,24)(H2,19,21,22,25). The van der Waals surface area contributed by atoms with Crippen molar-refractivity contribution < 1.29 is 23.9 Å². The van der Waals surface area contributed by atoms with Crippen molar-refractivity contribution in [3.63, 3.8) is 0 Å². The Balaban J connectivity index is 1.78. The minimum absolute atomic E-state index is 0.361. The van der Waals surface area contributed by atoms with Gasteiger partial charge < -0.3 is 15.4 Å². The maximum atomic E-state index is 12.1. The van der Waals surface area contributed by atoms with Gasteiger partial charge in [0.25, 0.3) is 11.8 Å². The van der Waals surface area contributed by atoms with E-state index < -0.39 is 30.4 Å². The Morgan fingerprint density at radius 2 is 1.69 bits per heavy atom. The Hall–Kier alpha value is -3.42. The van der Waals surface area contributed by atoms with Crippen LogP contribution in [0.1, 0.15) is 17.3 Å². The Morgan fingerprint density at radius 1 is 0.962 bits per heavy atom. The van der Waals surface area contributed by atoms with Gasteiger partial charge in [0.15, 0.2) is 6.61 Å². The van der Waals surface area contributed by atoms with E-state index in [-0.39, 0.29) is 6.54 Å². The summed E-state index contributed by atoms with van der Waals surface area (Å²) in [6.45, 7) is 1.06. The molecule has 0 radical (unpaired) electrons. The van der Waals surface area contributed by atoms with E-state index >= 15 is 0 Å². The number of urea groups is 1. The molecule has 26 heavy (non-hydrogen) atoms. The lowest BCUT2D eigenvalue weighted by atomic mass is 10.1. The highest BCUT2D eigenvalue weighted by molar-refractivity contribution is 6.00. The second-order valence-corrected chi connectivity index (χ2v) is 5.31. The average Bonchev–Trinajstić information content (AvgIpc) is 2.64. The number of fused-ring (bicyclic) bond motifs is 1. The van der Waals surface area contributed by atoms with Crippen molar-refractivity contribution >= 4 is 34.6 Å². The van der Waals surface area contributed by atoms with Gasteiger partial charge in [-0.05, 0) is 29.8 Å². The fraction of sp³-hybridized carbons (Fsp3) is 0.222. The van der Waals surface area contributed by atoms with Crippen molar-refractivity contribution in [2.24, 2.45) is 0 Å². The van der Waals surface area contributed by atoms with E-state index in [2.05, 4.69) is 10.6 Å². The van der Waals surface area contributed by atoms with Gasteiger partial charge >= 0.3 is 12.0 Å². The highest BCUT2D eigenvalue weighted by Gasteiger charge is 2.12. The largest absolute Gasteiger partial charge is 0.454 e. The first-order chi connectivity index (χ1) is 12.5. The van der Waals surface area contributed by atoms with Gasteiger partial charge in [-0.15, -0.1) is 0 Å². The molecular weight excluding hydrogens is 338 g/mol. The molecule has 0 bridgehead atoms. The molecule has 0 atom stereocenters. The molecule has 2 aromatic rings. The predicted molar refractivity (Wildman–Crippen MR) is 94.5 cm³/mol. The lowest BCUT2D eigenvalue weighted by molar-refractivity contribution is -0.147. The number of hydrogen-bond acceptors (Lipinski definition) is 5. The number of carbonyl (C=O) groups is 4. The van der Waals surface area contributed by atoms with Gasteiger partial charge in [0.05, 0.1) is 0 Å². The van der Waals surface area contributed by atoms with Gasteiger partial charge in [-0.3, -0.25) is 19.7 Å². The first-order valence-electron chi connectivity index (χ1n) is 8.00. The van der Waals surface area contributed by atoms with Crippen LogP contribution in [-0.2, 0) is 14.3 Å². The van der Waals surface area contributed by atoms with E-state index in [4.69, 9.17) is 4.74 Å². The maximum Gasteiger partial charge on any atom is 0.325 e. The SMILES string of the molecule is CCNC(=O)NC(=O)COC(=O)CNC(=O)c1ccc2ccccc2c1. The van der Waals surface area contributed by atoms with Crippen molar-refractivity contribution in [3.8, 4) is 0 Å². The van der Waals surface area contributed by atoms with Crippen LogP contribution in [0.15, 0.2) is 42.5 Å². The summed E-state index contributed by atoms with van der Waals surface area (Å²) in [5.41, 5.74) is 0.408. The van der Waals surface area contributed by atoms with Crippen molar-refractivity contribution in [1.82, 2.24) is 16.0 Å². The van der Waals surface area contributed by atoms with E-state index in [0.29, 0.717) is 12.1 Å². The molecule has 0 unspecified atom stereocenters. The van der Waals surface area contributed by atoms with Crippen molar-refractivity contribution in [2.45, 2.75) is 6.92 Å². The fourth-order valence-electron chi connectivity index (χ4n) is 2.15. The van der Waals surface area contributed by atoms with E-state index in [9.17, 15) is 19.2 Å². The number of amides is 4. The van der Waals surface area contributed by atoms with Gasteiger partial charge in [-0.2, -0.15) is 0 Å². The van der Waals surface area contributed by atoms with Gasteiger partial charge in [0.1, 0.15) is 6.54 Å². The molecular formula is C18H19N3O5. The summed E-state index contributed by atoms with van der Waals surface area (Å²) in [4.78, 5) is 46.2. The molecule has 2 rings (SSSR count). The molecule has 0 heterocycles. The topological polar surface area (TPSA) is 114 Å². The van der Waals surface area contributed by atoms with Crippen LogP contribution in [0.3, 0.4) is 0 Å². The lowest BCUT2D eigenvalue weighted by Crippen LogP contribution is -2.41. The van der Waals surface area contributed by atoms with Crippen LogP contribution in [0.4, 0.5) is 4.79 Å². The van der Waals surface area contributed by atoms with Crippen molar-refractivity contribution in [2.75, 3.05) is 19.7 Å². The zero-order valence-corrected chi connectivity index (χ0v) is 14.2. The number of hydrogen-bond donors (Lipinski definition) is 3. The zero-order chi connectivity index (χ0) is 18.9. The van der Waals surface area contributed by atoms with Crippen molar-refractivity contribution in [1.29, 1.82) is 0 Å². The van der Waals surface area contributed by atoms with Gasteiger partial charge in [-0.25, -0.2) is 4.79 Å². The number of benzene rings is 2. The van der Waals surface area contributed by atoms with Gasteiger partial charge in [0.2, 0.25) is 0 Å². The minimum atomic E-state index is -0.787. The Labute approximate surface area is 149 Å². The van der Waals surface area contributed by atoms with Crippen LogP contribution in [0, 0.1) is 0 Å². The third-order valence-electron chi connectivity index (χ3n) is 3.36. The molecule has 0 aromatic heterocycles. The van der Waals surface area contributed by atoms with Crippen LogP contribution in [0.2, 0.25) is 0 Å². The predicted octanol–water partition coefficient (Wildman–Crippen LogP) is 0.959. The van der Waals surface area contributed by atoms with Crippen molar-refractivity contribution in [3.05, 3.63) is 48.0 Å². The van der Waals surface area contributed by atoms with Crippen LogP contribution >= 0.6 is 0 Å². The van der Waals surface area contributed by atoms with Crippen LogP contribution < -0.4 is 16.0 Å². The van der Waals surface area contributed by atoms with Gasteiger partial charge in [0, 0.05) is 12.1 Å². The summed E-state index contributed by atoms with van der Waals surface area (Å²) < 4.78 is 4.69. The lowest BCUT2D eigenvalue weighted by Gasteiger charge is -2.08. The molecule has 3 N–H and O–H groups in total. The van der Waals surface area contributed by atoms with E-state index in [1.165, 1.54) is 0 Å².